The number of fused-ring (bicyclic) bond motifs is 1. The van der Waals surface area contributed by atoms with Gasteiger partial charge in [0.15, 0.2) is 10.7 Å². The van der Waals surface area contributed by atoms with Crippen molar-refractivity contribution in [2.45, 2.75) is 6.54 Å². The summed E-state index contributed by atoms with van der Waals surface area (Å²) in [5.41, 5.74) is 1.37. The van der Waals surface area contributed by atoms with Crippen LogP contribution in [0.5, 0.6) is 11.5 Å². The standard InChI is InChI=1S/C19H14ClN3O2S/c20-14-5-1-3-7-16(14)25-17-8-4-2-6-15(17)21-12-13-11-18(24)23-9-10-26-19(23)22-13/h1-11,21H,12H2. The average molecular weight is 384 g/mol. The number of aromatic nitrogens is 2. The fourth-order valence-electron chi connectivity index (χ4n) is 2.51. The summed E-state index contributed by atoms with van der Waals surface area (Å²) in [6.07, 6.45) is 1.72. The van der Waals surface area contributed by atoms with Gasteiger partial charge in [0.1, 0.15) is 5.75 Å². The van der Waals surface area contributed by atoms with Crippen molar-refractivity contribution in [3.05, 3.63) is 87.2 Å². The second-order valence-electron chi connectivity index (χ2n) is 5.52. The van der Waals surface area contributed by atoms with Gasteiger partial charge in [0, 0.05) is 17.6 Å². The molecule has 4 rings (SSSR count). The summed E-state index contributed by atoms with van der Waals surface area (Å²) in [5.74, 6) is 1.23. The molecule has 0 aliphatic heterocycles. The van der Waals surface area contributed by atoms with E-state index in [1.807, 2.05) is 47.8 Å². The number of hydrogen-bond donors (Lipinski definition) is 1. The van der Waals surface area contributed by atoms with Gasteiger partial charge in [-0.3, -0.25) is 9.20 Å². The Bertz CT molecular complexity index is 1120. The summed E-state index contributed by atoms with van der Waals surface area (Å²) in [6.45, 7) is 0.409. The third kappa shape index (κ3) is 3.42. The number of benzene rings is 2. The van der Waals surface area contributed by atoms with Gasteiger partial charge in [-0.15, -0.1) is 11.3 Å². The Hall–Kier alpha value is -2.83. The maximum atomic E-state index is 12.1. The van der Waals surface area contributed by atoms with E-state index >= 15 is 0 Å². The van der Waals surface area contributed by atoms with Crippen molar-refractivity contribution < 1.29 is 4.74 Å². The second kappa shape index (κ2) is 7.19. The average Bonchev–Trinajstić information content (AvgIpc) is 3.12. The lowest BCUT2D eigenvalue weighted by Gasteiger charge is -2.13. The SMILES string of the molecule is O=c1cc(CNc2ccccc2Oc2ccccc2Cl)nc2sccn12. The van der Waals surface area contributed by atoms with Gasteiger partial charge in [0.05, 0.1) is 22.9 Å². The van der Waals surface area contributed by atoms with E-state index in [9.17, 15) is 4.79 Å². The molecule has 0 fully saturated rings. The molecule has 0 radical (unpaired) electrons. The van der Waals surface area contributed by atoms with E-state index < -0.39 is 0 Å². The Morgan fingerprint density at radius 1 is 1.12 bits per heavy atom. The fraction of sp³-hybridized carbons (Fsp3) is 0.0526. The smallest absolute Gasteiger partial charge is 0.258 e. The first-order valence-electron chi connectivity index (χ1n) is 7.92. The molecule has 0 atom stereocenters. The molecule has 0 aliphatic carbocycles. The highest BCUT2D eigenvalue weighted by molar-refractivity contribution is 7.15. The second-order valence-corrected chi connectivity index (χ2v) is 6.80. The monoisotopic (exact) mass is 383 g/mol. The number of nitrogens with zero attached hydrogens (tertiary/aromatic N) is 2. The molecular formula is C19H14ClN3O2S. The number of thiazole rings is 1. The lowest BCUT2D eigenvalue weighted by Crippen LogP contribution is -2.14. The highest BCUT2D eigenvalue weighted by Crippen LogP contribution is 2.33. The van der Waals surface area contributed by atoms with Crippen molar-refractivity contribution in [2.24, 2.45) is 0 Å². The molecule has 0 saturated carbocycles. The van der Waals surface area contributed by atoms with Gasteiger partial charge in [-0.25, -0.2) is 4.98 Å². The molecule has 5 nitrogen and oxygen atoms in total. The van der Waals surface area contributed by atoms with Gasteiger partial charge in [0.25, 0.3) is 5.56 Å². The van der Waals surface area contributed by atoms with Crippen LogP contribution < -0.4 is 15.6 Å². The summed E-state index contributed by atoms with van der Waals surface area (Å²) in [6, 6.07) is 16.4. The van der Waals surface area contributed by atoms with Gasteiger partial charge < -0.3 is 10.1 Å². The van der Waals surface area contributed by atoms with Crippen molar-refractivity contribution in [2.75, 3.05) is 5.32 Å². The summed E-state index contributed by atoms with van der Waals surface area (Å²) in [4.78, 5) is 17.3. The molecule has 0 bridgehead atoms. The first-order chi connectivity index (χ1) is 12.7. The van der Waals surface area contributed by atoms with Crippen molar-refractivity contribution in [3.8, 4) is 11.5 Å². The molecule has 130 valence electrons. The number of anilines is 1. The van der Waals surface area contributed by atoms with E-state index in [2.05, 4.69) is 10.3 Å². The lowest BCUT2D eigenvalue weighted by atomic mass is 10.2. The predicted octanol–water partition coefficient (Wildman–Crippen LogP) is 4.81. The summed E-state index contributed by atoms with van der Waals surface area (Å²) in [7, 11) is 0. The normalized spacial score (nSPS) is 10.8. The minimum absolute atomic E-state index is 0.0892. The number of rotatable bonds is 5. The van der Waals surface area contributed by atoms with Crippen molar-refractivity contribution >= 4 is 33.6 Å². The Morgan fingerprint density at radius 2 is 1.88 bits per heavy atom. The third-order valence-corrected chi connectivity index (χ3v) is 4.83. The van der Waals surface area contributed by atoms with Crippen LogP contribution in [0, 0.1) is 0 Å². The lowest BCUT2D eigenvalue weighted by molar-refractivity contribution is 0.484. The van der Waals surface area contributed by atoms with Crippen molar-refractivity contribution in [3.63, 3.8) is 0 Å². The zero-order valence-corrected chi connectivity index (χ0v) is 15.1. The van der Waals surface area contributed by atoms with E-state index in [1.54, 1.807) is 12.3 Å². The zero-order chi connectivity index (χ0) is 17.9. The highest BCUT2D eigenvalue weighted by Gasteiger charge is 2.08. The molecule has 2 aromatic heterocycles. The minimum Gasteiger partial charge on any atom is -0.454 e. The largest absolute Gasteiger partial charge is 0.454 e. The van der Waals surface area contributed by atoms with Crippen LogP contribution in [0.4, 0.5) is 5.69 Å². The van der Waals surface area contributed by atoms with Gasteiger partial charge in [-0.1, -0.05) is 35.9 Å². The van der Waals surface area contributed by atoms with E-state index in [0.717, 1.165) is 5.69 Å². The molecule has 0 unspecified atom stereocenters. The van der Waals surface area contributed by atoms with Crippen LogP contribution in [-0.4, -0.2) is 9.38 Å². The van der Waals surface area contributed by atoms with Gasteiger partial charge in [0.2, 0.25) is 0 Å². The molecule has 0 amide bonds. The van der Waals surface area contributed by atoms with Crippen LogP contribution in [-0.2, 0) is 6.54 Å². The Kier molecular flexibility index (Phi) is 4.60. The van der Waals surface area contributed by atoms with Gasteiger partial charge in [-0.05, 0) is 24.3 Å². The fourth-order valence-corrected chi connectivity index (χ4v) is 3.42. The molecule has 2 aromatic carbocycles. The maximum Gasteiger partial charge on any atom is 0.258 e. The first-order valence-corrected chi connectivity index (χ1v) is 9.17. The molecule has 2 heterocycles. The van der Waals surface area contributed by atoms with E-state index in [4.69, 9.17) is 16.3 Å². The number of ether oxygens (including phenoxy) is 1. The van der Waals surface area contributed by atoms with E-state index in [-0.39, 0.29) is 5.56 Å². The third-order valence-electron chi connectivity index (χ3n) is 3.76. The number of nitrogens with one attached hydrogen (secondary N) is 1. The summed E-state index contributed by atoms with van der Waals surface area (Å²) in [5, 5.41) is 5.66. The predicted molar refractivity (Wildman–Crippen MR) is 105 cm³/mol. The van der Waals surface area contributed by atoms with Crippen LogP contribution >= 0.6 is 22.9 Å². The Labute approximate surface area is 158 Å². The van der Waals surface area contributed by atoms with Gasteiger partial charge >= 0.3 is 0 Å². The number of hydrogen-bond acceptors (Lipinski definition) is 5. The first kappa shape index (κ1) is 16.6. The molecule has 26 heavy (non-hydrogen) atoms. The molecule has 1 N–H and O–H groups in total. The quantitative estimate of drug-likeness (QED) is 0.537. The van der Waals surface area contributed by atoms with Crippen molar-refractivity contribution in [1.82, 2.24) is 9.38 Å². The molecule has 7 heteroatoms. The highest BCUT2D eigenvalue weighted by atomic mass is 35.5. The summed E-state index contributed by atoms with van der Waals surface area (Å²) >= 11 is 7.60. The van der Waals surface area contributed by atoms with Crippen LogP contribution in [0.25, 0.3) is 4.96 Å². The topological polar surface area (TPSA) is 55.6 Å². The molecule has 0 saturated heterocycles. The minimum atomic E-state index is -0.0892. The molecule has 4 aromatic rings. The maximum absolute atomic E-state index is 12.1. The van der Waals surface area contributed by atoms with E-state index in [1.165, 1.54) is 21.8 Å². The zero-order valence-electron chi connectivity index (χ0n) is 13.6. The van der Waals surface area contributed by atoms with Crippen LogP contribution in [0.2, 0.25) is 5.02 Å². The molecule has 0 spiro atoms. The summed E-state index contributed by atoms with van der Waals surface area (Å²) < 4.78 is 7.46. The number of halogens is 1. The Morgan fingerprint density at radius 3 is 2.73 bits per heavy atom. The van der Waals surface area contributed by atoms with Crippen LogP contribution in [0.3, 0.4) is 0 Å². The Balaban J connectivity index is 1.56. The van der Waals surface area contributed by atoms with Crippen LogP contribution in [0.15, 0.2) is 71.0 Å². The molecule has 0 aliphatic rings. The van der Waals surface area contributed by atoms with E-state index in [0.29, 0.717) is 33.7 Å². The van der Waals surface area contributed by atoms with Crippen LogP contribution in [0.1, 0.15) is 5.69 Å². The number of para-hydroxylation sites is 3. The van der Waals surface area contributed by atoms with Crippen molar-refractivity contribution in [1.29, 1.82) is 0 Å². The van der Waals surface area contributed by atoms with Gasteiger partial charge in [-0.2, -0.15) is 0 Å². The molecular weight excluding hydrogens is 370 g/mol.